The lowest BCUT2D eigenvalue weighted by atomic mass is 10.1. The molecular formula is C21H25N7O4S2. The molecule has 0 radical (unpaired) electrons. The highest BCUT2D eigenvalue weighted by Crippen LogP contribution is 2.27. The van der Waals surface area contributed by atoms with Crippen LogP contribution in [-0.2, 0) is 23.0 Å². The summed E-state index contributed by atoms with van der Waals surface area (Å²) in [4.78, 5) is 25.5. The summed E-state index contributed by atoms with van der Waals surface area (Å²) in [5, 5.41) is 13.1. The van der Waals surface area contributed by atoms with E-state index < -0.39 is 10.0 Å². The average Bonchev–Trinajstić information content (AvgIpc) is 3.47. The number of H-pyrrole nitrogens is 1. The smallest absolute Gasteiger partial charge is 0.282 e. The number of aromatic amines is 1. The fourth-order valence-corrected chi connectivity index (χ4v) is 6.87. The third kappa shape index (κ3) is 4.04. The highest BCUT2D eigenvalue weighted by atomic mass is 32.2. The van der Waals surface area contributed by atoms with E-state index in [1.807, 2.05) is 0 Å². The Kier molecular flexibility index (Phi) is 5.80. The zero-order valence-corrected chi connectivity index (χ0v) is 20.2. The first-order valence-electron chi connectivity index (χ1n) is 10.8. The van der Waals surface area contributed by atoms with Crippen LogP contribution in [0.5, 0.6) is 0 Å². The second-order valence-corrected chi connectivity index (χ2v) is 11.5. The molecule has 1 fully saturated rings. The maximum atomic E-state index is 13.2. The lowest BCUT2D eigenvalue weighted by Crippen LogP contribution is -2.50. The van der Waals surface area contributed by atoms with Crippen LogP contribution in [-0.4, -0.2) is 89.2 Å². The molecule has 0 aliphatic carbocycles. The molecule has 2 aromatic heterocycles. The number of likely N-dealkylation sites (N-methyl/N-ethyl adjacent to an activating group) is 1. The van der Waals surface area contributed by atoms with Crippen molar-refractivity contribution in [1.29, 1.82) is 0 Å². The molecule has 0 saturated carbocycles. The predicted molar refractivity (Wildman–Crippen MR) is 128 cm³/mol. The van der Waals surface area contributed by atoms with Gasteiger partial charge in [0.05, 0.1) is 5.69 Å². The minimum atomic E-state index is -3.77. The number of sulfonamides is 1. The lowest BCUT2D eigenvalue weighted by molar-refractivity contribution is 0.0697. The van der Waals surface area contributed by atoms with Crippen molar-refractivity contribution in [2.24, 2.45) is 10.9 Å². The molecule has 4 heterocycles. The molecule has 4 N–H and O–H groups in total. The van der Waals surface area contributed by atoms with Gasteiger partial charge < -0.3 is 25.7 Å². The highest BCUT2D eigenvalue weighted by molar-refractivity contribution is 7.89. The SMILES string of the molecule is CN1CCc2nc(C(=O)N3CCN(S(=O)(=O)c4cc5ccc(C(N)=NO)cc5[nH]4)CC3)sc2C1. The molecule has 0 spiro atoms. The van der Waals surface area contributed by atoms with Crippen LogP contribution in [0.25, 0.3) is 10.9 Å². The fraction of sp³-hybridized carbons (Fsp3) is 0.381. The van der Waals surface area contributed by atoms with E-state index in [9.17, 15) is 13.2 Å². The molecule has 180 valence electrons. The number of piperazine rings is 1. The minimum Gasteiger partial charge on any atom is -0.409 e. The second-order valence-electron chi connectivity index (χ2n) is 8.49. The second kappa shape index (κ2) is 8.65. The monoisotopic (exact) mass is 503 g/mol. The Morgan fingerprint density at radius 1 is 1.21 bits per heavy atom. The first kappa shape index (κ1) is 22.8. The van der Waals surface area contributed by atoms with Gasteiger partial charge in [0.2, 0.25) is 0 Å². The number of aromatic nitrogens is 2. The molecule has 1 amide bonds. The Morgan fingerprint density at radius 3 is 2.71 bits per heavy atom. The van der Waals surface area contributed by atoms with E-state index in [-0.39, 0.29) is 29.9 Å². The molecule has 5 rings (SSSR count). The maximum Gasteiger partial charge on any atom is 0.282 e. The van der Waals surface area contributed by atoms with Crippen molar-refractivity contribution in [2.75, 3.05) is 39.8 Å². The Bertz CT molecular complexity index is 1390. The number of carbonyl (C=O) groups is 1. The molecule has 34 heavy (non-hydrogen) atoms. The Labute approximate surface area is 200 Å². The Morgan fingerprint density at radius 2 is 1.97 bits per heavy atom. The first-order chi connectivity index (χ1) is 16.3. The summed E-state index contributed by atoms with van der Waals surface area (Å²) in [6.07, 6.45) is 0.840. The van der Waals surface area contributed by atoms with Crippen LogP contribution in [0, 0.1) is 0 Å². The van der Waals surface area contributed by atoms with Crippen LogP contribution >= 0.6 is 11.3 Å². The van der Waals surface area contributed by atoms with Crippen LogP contribution < -0.4 is 5.73 Å². The third-order valence-corrected chi connectivity index (χ3v) is 9.14. The molecule has 2 aliphatic heterocycles. The summed E-state index contributed by atoms with van der Waals surface area (Å²) < 4.78 is 27.8. The van der Waals surface area contributed by atoms with Gasteiger partial charge in [-0.1, -0.05) is 17.3 Å². The number of hydrogen-bond donors (Lipinski definition) is 3. The van der Waals surface area contributed by atoms with Gasteiger partial charge in [-0.2, -0.15) is 4.31 Å². The van der Waals surface area contributed by atoms with Crippen molar-refractivity contribution < 1.29 is 18.4 Å². The topological polar surface area (TPSA) is 148 Å². The van der Waals surface area contributed by atoms with E-state index in [1.165, 1.54) is 15.6 Å². The molecule has 0 atom stereocenters. The van der Waals surface area contributed by atoms with E-state index in [1.54, 1.807) is 29.2 Å². The average molecular weight is 504 g/mol. The van der Waals surface area contributed by atoms with Crippen molar-refractivity contribution in [3.8, 4) is 0 Å². The predicted octanol–water partition coefficient (Wildman–Crippen LogP) is 0.854. The number of fused-ring (bicyclic) bond motifs is 2. The molecule has 3 aromatic rings. The molecule has 13 heteroatoms. The van der Waals surface area contributed by atoms with Gasteiger partial charge in [0, 0.05) is 67.0 Å². The van der Waals surface area contributed by atoms with Gasteiger partial charge in [-0.15, -0.1) is 11.3 Å². The van der Waals surface area contributed by atoms with Crippen LogP contribution in [0.3, 0.4) is 0 Å². The molecule has 1 saturated heterocycles. The number of amidine groups is 1. The number of nitrogens with two attached hydrogens (primary N) is 1. The zero-order valence-electron chi connectivity index (χ0n) is 18.6. The molecule has 0 unspecified atom stereocenters. The van der Waals surface area contributed by atoms with Crippen molar-refractivity contribution in [2.45, 2.75) is 18.0 Å². The van der Waals surface area contributed by atoms with Crippen molar-refractivity contribution >= 4 is 44.0 Å². The number of rotatable bonds is 4. The van der Waals surface area contributed by atoms with Gasteiger partial charge in [0.1, 0.15) is 5.03 Å². The van der Waals surface area contributed by atoms with Gasteiger partial charge in [0.15, 0.2) is 10.8 Å². The number of thiazole rings is 1. The fourth-order valence-electron chi connectivity index (χ4n) is 4.28. The molecule has 11 nitrogen and oxygen atoms in total. The number of nitrogens with one attached hydrogen (secondary N) is 1. The van der Waals surface area contributed by atoms with E-state index in [0.717, 1.165) is 30.1 Å². The standard InChI is InChI=1S/C21H25N7O4S2/c1-26-5-4-15-17(12-26)33-20(24-15)21(29)27-6-8-28(9-7-27)34(31,32)18-11-13-2-3-14(19(22)25-30)10-16(13)23-18/h2-3,10-11,23,30H,4-9,12H2,1H3,(H2,22,25). The third-order valence-electron chi connectivity index (χ3n) is 6.25. The van der Waals surface area contributed by atoms with E-state index in [4.69, 9.17) is 10.9 Å². The minimum absolute atomic E-state index is 0.0604. The van der Waals surface area contributed by atoms with Crippen LogP contribution in [0.2, 0.25) is 0 Å². The van der Waals surface area contributed by atoms with Crippen molar-refractivity contribution in [3.05, 3.63) is 45.4 Å². The van der Waals surface area contributed by atoms with Crippen molar-refractivity contribution in [1.82, 2.24) is 24.1 Å². The molecule has 1 aromatic carbocycles. The van der Waals surface area contributed by atoms with Gasteiger partial charge >= 0.3 is 0 Å². The number of hydrogen-bond acceptors (Lipinski definition) is 8. The quantitative estimate of drug-likeness (QED) is 0.207. The highest BCUT2D eigenvalue weighted by Gasteiger charge is 2.33. The number of carbonyl (C=O) groups excluding carboxylic acids is 1. The van der Waals surface area contributed by atoms with E-state index in [2.05, 4.69) is 27.1 Å². The molecular weight excluding hydrogens is 478 g/mol. The summed E-state index contributed by atoms with van der Waals surface area (Å²) in [6.45, 7) is 2.74. The van der Waals surface area contributed by atoms with Crippen LogP contribution in [0.15, 0.2) is 34.4 Å². The van der Waals surface area contributed by atoms with Crippen LogP contribution in [0.1, 0.15) is 25.9 Å². The number of benzene rings is 1. The van der Waals surface area contributed by atoms with Gasteiger partial charge in [-0.05, 0) is 19.2 Å². The Hall–Kier alpha value is -3.00. The first-order valence-corrected chi connectivity index (χ1v) is 13.1. The zero-order chi connectivity index (χ0) is 24.0. The normalized spacial score (nSPS) is 18.4. The number of nitrogens with zero attached hydrogens (tertiary/aromatic N) is 5. The Balaban J connectivity index is 1.29. The summed E-state index contributed by atoms with van der Waals surface area (Å²) in [5.74, 6) is -0.199. The van der Waals surface area contributed by atoms with E-state index in [0.29, 0.717) is 34.6 Å². The summed E-state index contributed by atoms with van der Waals surface area (Å²) in [6, 6.07) is 6.56. The maximum absolute atomic E-state index is 13.2. The molecule has 0 bridgehead atoms. The summed E-state index contributed by atoms with van der Waals surface area (Å²) in [5.41, 5.74) is 7.67. The number of amides is 1. The van der Waals surface area contributed by atoms with Gasteiger partial charge in [-0.3, -0.25) is 4.79 Å². The number of oxime groups is 1. The van der Waals surface area contributed by atoms with Gasteiger partial charge in [0.25, 0.3) is 15.9 Å². The molecule has 2 aliphatic rings. The largest absolute Gasteiger partial charge is 0.409 e. The van der Waals surface area contributed by atoms with E-state index >= 15 is 0 Å². The van der Waals surface area contributed by atoms with Gasteiger partial charge in [-0.25, -0.2) is 13.4 Å². The lowest BCUT2D eigenvalue weighted by Gasteiger charge is -2.33. The van der Waals surface area contributed by atoms with Crippen molar-refractivity contribution in [3.63, 3.8) is 0 Å². The summed E-state index contributed by atoms with van der Waals surface area (Å²) >= 11 is 1.44. The summed E-state index contributed by atoms with van der Waals surface area (Å²) in [7, 11) is -1.72. The van der Waals surface area contributed by atoms with Crippen LogP contribution in [0.4, 0.5) is 0 Å².